The summed E-state index contributed by atoms with van der Waals surface area (Å²) in [6.07, 6.45) is 1.59. The lowest BCUT2D eigenvalue weighted by Gasteiger charge is -2.09. The number of pyridine rings is 1. The first-order valence-electron chi connectivity index (χ1n) is 5.49. The highest BCUT2D eigenvalue weighted by Gasteiger charge is 2.12. The molecular weight excluding hydrogens is 310 g/mol. The number of rotatable bonds is 2. The summed E-state index contributed by atoms with van der Waals surface area (Å²) in [5.74, 6) is 0.0297. The summed E-state index contributed by atoms with van der Waals surface area (Å²) in [5, 5.41) is 12.0. The first kappa shape index (κ1) is 13.4. The lowest BCUT2D eigenvalue weighted by molar-refractivity contribution is 0.102. The number of phenols is 1. The molecular formula is C13H12BrN3O2. The van der Waals surface area contributed by atoms with E-state index in [4.69, 9.17) is 5.73 Å². The molecule has 0 aliphatic heterocycles. The van der Waals surface area contributed by atoms with E-state index in [2.05, 4.69) is 26.2 Å². The van der Waals surface area contributed by atoms with Crippen LogP contribution in [0.2, 0.25) is 0 Å². The lowest BCUT2D eigenvalue weighted by Crippen LogP contribution is -2.15. The number of anilines is 2. The van der Waals surface area contributed by atoms with E-state index in [1.54, 1.807) is 6.20 Å². The van der Waals surface area contributed by atoms with E-state index in [1.165, 1.54) is 18.2 Å². The van der Waals surface area contributed by atoms with E-state index in [0.717, 1.165) is 10.0 Å². The zero-order valence-electron chi connectivity index (χ0n) is 10.1. The monoisotopic (exact) mass is 321 g/mol. The van der Waals surface area contributed by atoms with Gasteiger partial charge in [-0.25, -0.2) is 4.98 Å². The molecule has 6 heteroatoms. The minimum absolute atomic E-state index is 0.0140. The molecule has 2 rings (SSSR count). The number of phenolic OH excluding ortho intramolecular Hbond substituents is 1. The molecule has 0 fully saturated rings. The Bertz CT molecular complexity index is 644. The smallest absolute Gasteiger partial charge is 0.259 e. The summed E-state index contributed by atoms with van der Waals surface area (Å²) in [5.41, 5.74) is 7.04. The first-order chi connectivity index (χ1) is 8.97. The Morgan fingerprint density at radius 3 is 2.84 bits per heavy atom. The topological polar surface area (TPSA) is 88.2 Å². The van der Waals surface area contributed by atoms with Gasteiger partial charge in [0, 0.05) is 16.4 Å². The fourth-order valence-corrected chi connectivity index (χ4v) is 2.03. The number of hydrogen-bond acceptors (Lipinski definition) is 4. The fourth-order valence-electron chi connectivity index (χ4n) is 1.59. The van der Waals surface area contributed by atoms with Crippen LogP contribution in [0.15, 0.2) is 34.9 Å². The van der Waals surface area contributed by atoms with Crippen LogP contribution < -0.4 is 11.1 Å². The molecule has 0 atom stereocenters. The molecule has 0 bridgehead atoms. The molecule has 2 aromatic rings. The third-order valence-corrected chi connectivity index (χ3v) is 2.99. The number of aromatic hydroxyl groups is 1. The van der Waals surface area contributed by atoms with Gasteiger partial charge in [-0.1, -0.05) is 0 Å². The number of carbonyl (C=O) groups excluding carboxylic acids is 1. The largest absolute Gasteiger partial charge is 0.508 e. The molecule has 5 nitrogen and oxygen atoms in total. The van der Waals surface area contributed by atoms with Crippen LogP contribution in [0, 0.1) is 6.92 Å². The summed E-state index contributed by atoms with van der Waals surface area (Å²) in [7, 11) is 0. The first-order valence-corrected chi connectivity index (χ1v) is 6.28. The van der Waals surface area contributed by atoms with Gasteiger partial charge in [-0.15, -0.1) is 0 Å². The molecule has 0 radical (unpaired) electrons. The number of aryl methyl sites for hydroxylation is 1. The molecule has 1 aromatic heterocycles. The Morgan fingerprint density at radius 1 is 1.42 bits per heavy atom. The van der Waals surface area contributed by atoms with E-state index in [9.17, 15) is 9.90 Å². The Morgan fingerprint density at radius 2 is 2.16 bits per heavy atom. The summed E-state index contributed by atoms with van der Waals surface area (Å²) < 4.78 is 0.833. The number of hydrogen-bond donors (Lipinski definition) is 3. The average Bonchev–Trinajstić information content (AvgIpc) is 2.35. The van der Waals surface area contributed by atoms with Gasteiger partial charge in [-0.3, -0.25) is 4.79 Å². The number of benzene rings is 1. The molecule has 1 aromatic carbocycles. The second-order valence-electron chi connectivity index (χ2n) is 4.04. The Balaban J connectivity index is 2.28. The van der Waals surface area contributed by atoms with Gasteiger partial charge in [0.1, 0.15) is 11.6 Å². The second kappa shape index (κ2) is 5.27. The van der Waals surface area contributed by atoms with E-state index < -0.39 is 5.91 Å². The zero-order valence-corrected chi connectivity index (χ0v) is 11.7. The molecule has 4 N–H and O–H groups in total. The number of nitrogens with one attached hydrogen (secondary N) is 1. The number of nitrogen functional groups attached to an aromatic ring is 1. The van der Waals surface area contributed by atoms with Gasteiger partial charge in [0.25, 0.3) is 5.91 Å². The van der Waals surface area contributed by atoms with Gasteiger partial charge in [-0.2, -0.15) is 0 Å². The van der Waals surface area contributed by atoms with Crippen molar-refractivity contribution in [3.63, 3.8) is 0 Å². The molecule has 0 spiro atoms. The van der Waals surface area contributed by atoms with Crippen molar-refractivity contribution in [2.24, 2.45) is 0 Å². The van der Waals surface area contributed by atoms with E-state index in [1.807, 2.05) is 13.0 Å². The maximum atomic E-state index is 12.1. The summed E-state index contributed by atoms with van der Waals surface area (Å²) in [6, 6.07) is 6.06. The minimum atomic E-state index is -0.411. The van der Waals surface area contributed by atoms with Crippen LogP contribution in [0.5, 0.6) is 5.75 Å². The molecule has 98 valence electrons. The predicted octanol–water partition coefficient (Wildman–Crippen LogP) is 2.69. The van der Waals surface area contributed by atoms with Crippen LogP contribution in [-0.2, 0) is 0 Å². The number of carbonyl (C=O) groups is 1. The zero-order chi connectivity index (χ0) is 14.0. The van der Waals surface area contributed by atoms with Crippen molar-refractivity contribution in [3.8, 4) is 5.75 Å². The van der Waals surface area contributed by atoms with Crippen LogP contribution in [0.3, 0.4) is 0 Å². The quantitative estimate of drug-likeness (QED) is 0.586. The number of amides is 1. The molecule has 0 saturated heterocycles. The SMILES string of the molecule is Cc1cc(Br)cnc1NC(=O)c1cc(O)ccc1N. The van der Waals surface area contributed by atoms with Gasteiger partial charge >= 0.3 is 0 Å². The van der Waals surface area contributed by atoms with Crippen molar-refractivity contribution in [2.45, 2.75) is 6.92 Å². The molecule has 0 aliphatic carbocycles. The van der Waals surface area contributed by atoms with Crippen molar-refractivity contribution < 1.29 is 9.90 Å². The molecule has 1 heterocycles. The maximum Gasteiger partial charge on any atom is 0.259 e. The second-order valence-corrected chi connectivity index (χ2v) is 4.96. The summed E-state index contributed by atoms with van der Waals surface area (Å²) in [6.45, 7) is 1.83. The van der Waals surface area contributed by atoms with Crippen LogP contribution in [0.1, 0.15) is 15.9 Å². The van der Waals surface area contributed by atoms with E-state index in [0.29, 0.717) is 11.5 Å². The van der Waals surface area contributed by atoms with Crippen molar-refractivity contribution in [1.82, 2.24) is 4.98 Å². The fraction of sp³-hybridized carbons (Fsp3) is 0.0769. The van der Waals surface area contributed by atoms with Crippen LogP contribution in [0.4, 0.5) is 11.5 Å². The highest BCUT2D eigenvalue weighted by molar-refractivity contribution is 9.10. The van der Waals surface area contributed by atoms with Crippen LogP contribution >= 0.6 is 15.9 Å². The number of nitrogens with two attached hydrogens (primary N) is 1. The minimum Gasteiger partial charge on any atom is -0.508 e. The third-order valence-electron chi connectivity index (χ3n) is 2.56. The van der Waals surface area contributed by atoms with E-state index >= 15 is 0 Å². The van der Waals surface area contributed by atoms with Crippen molar-refractivity contribution in [3.05, 3.63) is 46.1 Å². The number of aromatic nitrogens is 1. The predicted molar refractivity (Wildman–Crippen MR) is 77.1 cm³/mol. The van der Waals surface area contributed by atoms with Crippen molar-refractivity contribution in [1.29, 1.82) is 0 Å². The van der Waals surface area contributed by atoms with E-state index in [-0.39, 0.29) is 11.3 Å². The maximum absolute atomic E-state index is 12.1. The normalized spacial score (nSPS) is 10.2. The number of nitrogens with zero attached hydrogens (tertiary/aromatic N) is 1. The molecule has 1 amide bonds. The standard InChI is InChI=1S/C13H12BrN3O2/c1-7-4-8(14)6-16-12(7)17-13(19)10-5-9(18)2-3-11(10)15/h2-6,18H,15H2,1H3,(H,16,17,19). The van der Waals surface area contributed by atoms with Gasteiger partial charge in [0.2, 0.25) is 0 Å². The van der Waals surface area contributed by atoms with Crippen molar-refractivity contribution in [2.75, 3.05) is 11.1 Å². The van der Waals surface area contributed by atoms with Crippen LogP contribution in [0.25, 0.3) is 0 Å². The average molecular weight is 322 g/mol. The molecule has 0 unspecified atom stereocenters. The lowest BCUT2D eigenvalue weighted by atomic mass is 10.1. The van der Waals surface area contributed by atoms with Gasteiger partial charge < -0.3 is 16.2 Å². The van der Waals surface area contributed by atoms with Gasteiger partial charge in [0.15, 0.2) is 0 Å². The Labute approximate surface area is 118 Å². The van der Waals surface area contributed by atoms with Gasteiger partial charge in [0.05, 0.1) is 5.56 Å². The number of halogens is 1. The summed E-state index contributed by atoms with van der Waals surface area (Å²) >= 11 is 3.30. The molecule has 19 heavy (non-hydrogen) atoms. The third kappa shape index (κ3) is 3.03. The van der Waals surface area contributed by atoms with Crippen molar-refractivity contribution >= 4 is 33.3 Å². The highest BCUT2D eigenvalue weighted by Crippen LogP contribution is 2.21. The molecule has 0 aliphatic rings. The Hall–Kier alpha value is -2.08. The Kier molecular flexibility index (Phi) is 3.71. The molecule has 0 saturated carbocycles. The van der Waals surface area contributed by atoms with Gasteiger partial charge in [-0.05, 0) is 52.7 Å². The highest BCUT2D eigenvalue weighted by atomic mass is 79.9. The van der Waals surface area contributed by atoms with Crippen LogP contribution in [-0.4, -0.2) is 16.0 Å². The summed E-state index contributed by atoms with van der Waals surface area (Å²) in [4.78, 5) is 16.2.